The summed E-state index contributed by atoms with van der Waals surface area (Å²) in [5.41, 5.74) is 1.37. The molecule has 1 heterocycles. The lowest BCUT2D eigenvalue weighted by Crippen LogP contribution is -2.39. The van der Waals surface area contributed by atoms with Gasteiger partial charge < -0.3 is 10.1 Å². The molecule has 0 radical (unpaired) electrons. The highest BCUT2D eigenvalue weighted by Gasteiger charge is 2.24. The Morgan fingerprint density at radius 2 is 2.10 bits per heavy atom. The van der Waals surface area contributed by atoms with E-state index in [-0.39, 0.29) is 11.8 Å². The number of nitrogens with zero attached hydrogens (tertiary/aromatic N) is 2. The second-order valence-corrected chi connectivity index (χ2v) is 4.73. The third kappa shape index (κ3) is 4.39. The highest BCUT2D eigenvalue weighted by molar-refractivity contribution is 6.39. The molecule has 0 bridgehead atoms. The van der Waals surface area contributed by atoms with Crippen LogP contribution in [0.4, 0.5) is 0 Å². The van der Waals surface area contributed by atoms with Gasteiger partial charge in [-0.2, -0.15) is 5.10 Å². The maximum atomic E-state index is 11.9. The van der Waals surface area contributed by atoms with Crippen molar-refractivity contribution in [3.05, 3.63) is 35.9 Å². The number of rotatable bonds is 6. The summed E-state index contributed by atoms with van der Waals surface area (Å²) < 4.78 is 4.88. The fraction of sp³-hybridized carbons (Fsp3) is 0.400. The van der Waals surface area contributed by atoms with E-state index in [1.54, 1.807) is 7.11 Å². The summed E-state index contributed by atoms with van der Waals surface area (Å²) in [6.07, 6.45) is 0.687. The van der Waals surface area contributed by atoms with Crippen molar-refractivity contribution in [1.82, 2.24) is 10.3 Å². The van der Waals surface area contributed by atoms with Crippen LogP contribution in [0, 0.1) is 0 Å². The molecule has 6 nitrogen and oxygen atoms in total. The molecule has 0 aromatic heterocycles. The van der Waals surface area contributed by atoms with Crippen LogP contribution in [0.1, 0.15) is 18.4 Å². The number of benzene rings is 1. The van der Waals surface area contributed by atoms with Crippen molar-refractivity contribution < 1.29 is 14.3 Å². The van der Waals surface area contributed by atoms with Crippen LogP contribution < -0.4 is 5.32 Å². The van der Waals surface area contributed by atoms with Crippen LogP contribution in [0.3, 0.4) is 0 Å². The monoisotopic (exact) mass is 289 g/mol. The van der Waals surface area contributed by atoms with Crippen LogP contribution in [0.5, 0.6) is 0 Å². The molecule has 112 valence electrons. The molecule has 21 heavy (non-hydrogen) atoms. The molecule has 0 saturated carbocycles. The van der Waals surface area contributed by atoms with Gasteiger partial charge in [0.2, 0.25) is 5.91 Å². The molecule has 0 unspecified atom stereocenters. The standard InChI is InChI=1S/C15H19N3O3/c1-21-10-9-16-15(20)13-7-8-14(19)18(17-13)11-12-5-3-2-4-6-12/h2-6H,7-11H2,1H3,(H,16,20). The van der Waals surface area contributed by atoms with E-state index in [2.05, 4.69) is 10.4 Å². The first-order chi connectivity index (χ1) is 10.2. The number of methoxy groups -OCH3 is 1. The van der Waals surface area contributed by atoms with Gasteiger partial charge in [-0.3, -0.25) is 9.59 Å². The largest absolute Gasteiger partial charge is 0.383 e. The predicted molar refractivity (Wildman–Crippen MR) is 78.5 cm³/mol. The Kier molecular flexibility index (Phi) is 5.45. The second-order valence-electron chi connectivity index (χ2n) is 4.73. The molecule has 1 aliphatic rings. The minimum Gasteiger partial charge on any atom is -0.383 e. The van der Waals surface area contributed by atoms with Crippen LogP contribution >= 0.6 is 0 Å². The number of amides is 2. The summed E-state index contributed by atoms with van der Waals surface area (Å²) in [6.45, 7) is 1.27. The van der Waals surface area contributed by atoms with Gasteiger partial charge in [0.1, 0.15) is 5.71 Å². The molecule has 0 aliphatic carbocycles. The Bertz CT molecular complexity index is 528. The number of carbonyl (C=O) groups is 2. The van der Waals surface area contributed by atoms with Gasteiger partial charge in [0.05, 0.1) is 13.2 Å². The third-order valence-corrected chi connectivity index (χ3v) is 3.13. The lowest BCUT2D eigenvalue weighted by Gasteiger charge is -2.23. The number of hydrogen-bond donors (Lipinski definition) is 1. The van der Waals surface area contributed by atoms with Gasteiger partial charge in [0, 0.05) is 26.5 Å². The second kappa shape index (κ2) is 7.54. The van der Waals surface area contributed by atoms with Crippen molar-refractivity contribution >= 4 is 17.5 Å². The lowest BCUT2D eigenvalue weighted by atomic mass is 10.1. The lowest BCUT2D eigenvalue weighted by molar-refractivity contribution is -0.132. The zero-order chi connectivity index (χ0) is 15.1. The fourth-order valence-electron chi connectivity index (χ4n) is 2.01. The number of hydrazone groups is 1. The van der Waals surface area contributed by atoms with Gasteiger partial charge in [0.25, 0.3) is 5.91 Å². The summed E-state index contributed by atoms with van der Waals surface area (Å²) in [6, 6.07) is 9.59. The van der Waals surface area contributed by atoms with Crippen molar-refractivity contribution in [2.45, 2.75) is 19.4 Å². The van der Waals surface area contributed by atoms with E-state index in [4.69, 9.17) is 4.74 Å². The van der Waals surface area contributed by atoms with Crippen molar-refractivity contribution in [2.24, 2.45) is 5.10 Å². The van der Waals surface area contributed by atoms with E-state index in [9.17, 15) is 9.59 Å². The minimum atomic E-state index is -0.238. The first kappa shape index (κ1) is 15.2. The van der Waals surface area contributed by atoms with Crippen molar-refractivity contribution in [1.29, 1.82) is 0 Å². The summed E-state index contributed by atoms with van der Waals surface area (Å²) in [5, 5.41) is 8.27. The molecule has 1 aromatic carbocycles. The molecular weight excluding hydrogens is 270 g/mol. The molecule has 1 N–H and O–H groups in total. The SMILES string of the molecule is COCCNC(=O)C1=NN(Cc2ccccc2)C(=O)CC1. The Morgan fingerprint density at radius 1 is 1.33 bits per heavy atom. The van der Waals surface area contributed by atoms with Gasteiger partial charge in [-0.05, 0) is 5.56 Å². The Labute approximate surface area is 123 Å². The zero-order valence-electron chi connectivity index (χ0n) is 12.0. The molecular formula is C15H19N3O3. The summed E-state index contributed by atoms with van der Waals surface area (Å²) in [4.78, 5) is 23.8. The molecule has 2 amide bonds. The Hall–Kier alpha value is -2.21. The molecule has 0 saturated heterocycles. The molecule has 1 aliphatic heterocycles. The normalized spacial score (nSPS) is 14.8. The van der Waals surface area contributed by atoms with E-state index < -0.39 is 0 Å². The van der Waals surface area contributed by atoms with E-state index in [1.807, 2.05) is 30.3 Å². The Balaban J connectivity index is 2.01. The number of carbonyl (C=O) groups excluding carboxylic acids is 2. The van der Waals surface area contributed by atoms with Crippen molar-refractivity contribution in [3.8, 4) is 0 Å². The summed E-state index contributed by atoms with van der Waals surface area (Å²) in [5.74, 6) is -0.301. The Morgan fingerprint density at radius 3 is 2.81 bits per heavy atom. The maximum Gasteiger partial charge on any atom is 0.267 e. The summed E-state index contributed by atoms with van der Waals surface area (Å²) in [7, 11) is 1.57. The fourth-order valence-corrected chi connectivity index (χ4v) is 2.01. The average Bonchev–Trinajstić information content (AvgIpc) is 2.50. The molecule has 6 heteroatoms. The van der Waals surface area contributed by atoms with Gasteiger partial charge in [0.15, 0.2) is 0 Å². The smallest absolute Gasteiger partial charge is 0.267 e. The first-order valence-corrected chi connectivity index (χ1v) is 6.89. The van der Waals surface area contributed by atoms with Crippen LogP contribution in [-0.2, 0) is 20.9 Å². The van der Waals surface area contributed by atoms with Crippen LogP contribution in [0.15, 0.2) is 35.4 Å². The summed E-state index contributed by atoms with van der Waals surface area (Å²) >= 11 is 0. The van der Waals surface area contributed by atoms with E-state index >= 15 is 0 Å². The molecule has 0 spiro atoms. The maximum absolute atomic E-state index is 11.9. The molecule has 0 atom stereocenters. The highest BCUT2D eigenvalue weighted by Crippen LogP contribution is 2.13. The minimum absolute atomic E-state index is 0.0627. The van der Waals surface area contributed by atoms with E-state index in [0.29, 0.717) is 38.2 Å². The van der Waals surface area contributed by atoms with Crippen LogP contribution in [0.2, 0.25) is 0 Å². The van der Waals surface area contributed by atoms with Crippen LogP contribution in [0.25, 0.3) is 0 Å². The average molecular weight is 289 g/mol. The highest BCUT2D eigenvalue weighted by atomic mass is 16.5. The van der Waals surface area contributed by atoms with Gasteiger partial charge >= 0.3 is 0 Å². The van der Waals surface area contributed by atoms with Crippen LogP contribution in [-0.4, -0.2) is 42.8 Å². The topological polar surface area (TPSA) is 71.0 Å². The van der Waals surface area contributed by atoms with Gasteiger partial charge in [-0.15, -0.1) is 0 Å². The number of hydrogen-bond acceptors (Lipinski definition) is 4. The third-order valence-electron chi connectivity index (χ3n) is 3.13. The first-order valence-electron chi connectivity index (χ1n) is 6.89. The van der Waals surface area contributed by atoms with Gasteiger partial charge in [-0.1, -0.05) is 30.3 Å². The number of nitrogens with one attached hydrogen (secondary N) is 1. The molecule has 2 rings (SSSR count). The van der Waals surface area contributed by atoms with E-state index in [0.717, 1.165) is 5.56 Å². The predicted octanol–water partition coefficient (Wildman–Crippen LogP) is 0.928. The van der Waals surface area contributed by atoms with E-state index in [1.165, 1.54) is 5.01 Å². The molecule has 1 aromatic rings. The zero-order valence-corrected chi connectivity index (χ0v) is 12.0. The van der Waals surface area contributed by atoms with Gasteiger partial charge in [-0.25, -0.2) is 5.01 Å². The quantitative estimate of drug-likeness (QED) is 0.792. The molecule has 0 fully saturated rings. The number of ether oxygens (including phenoxy) is 1. The van der Waals surface area contributed by atoms with Crippen molar-refractivity contribution in [2.75, 3.05) is 20.3 Å². The van der Waals surface area contributed by atoms with Crippen molar-refractivity contribution in [3.63, 3.8) is 0 Å².